The Kier molecular flexibility index (Phi) is 4.72. The maximum atomic E-state index is 13.9. The zero-order valence-corrected chi connectivity index (χ0v) is 14.0. The molecule has 0 aromatic heterocycles. The number of hydrogen-bond donors (Lipinski definition) is 1. The van der Waals surface area contributed by atoms with E-state index in [9.17, 15) is 18.4 Å². The van der Waals surface area contributed by atoms with Gasteiger partial charge in [0.2, 0.25) is 0 Å². The Bertz CT molecular complexity index is 870. The van der Waals surface area contributed by atoms with Crippen molar-refractivity contribution in [1.29, 1.82) is 0 Å². The summed E-state index contributed by atoms with van der Waals surface area (Å²) in [7, 11) is 0. The van der Waals surface area contributed by atoms with Crippen molar-refractivity contribution in [1.82, 2.24) is 0 Å². The lowest BCUT2D eigenvalue weighted by atomic mass is 10.0. The van der Waals surface area contributed by atoms with Gasteiger partial charge in [-0.1, -0.05) is 18.5 Å². The summed E-state index contributed by atoms with van der Waals surface area (Å²) in [5.74, 6) is -2.04. The quantitative estimate of drug-likeness (QED) is 0.877. The zero-order valence-electron chi connectivity index (χ0n) is 13.2. The highest BCUT2D eigenvalue weighted by Crippen LogP contribution is 2.39. The number of ether oxygens (including phenoxy) is 1. The molecule has 0 spiro atoms. The number of benzene rings is 2. The van der Waals surface area contributed by atoms with E-state index in [0.29, 0.717) is 5.56 Å². The van der Waals surface area contributed by atoms with Crippen LogP contribution in [-0.4, -0.2) is 18.3 Å². The first kappa shape index (κ1) is 17.4. The lowest BCUT2D eigenvalue weighted by molar-refractivity contribution is -0.118. The molecule has 0 bridgehead atoms. The van der Waals surface area contributed by atoms with Crippen molar-refractivity contribution in [2.75, 3.05) is 11.9 Å². The second-order valence-corrected chi connectivity index (χ2v) is 6.26. The molecule has 4 nitrogen and oxygen atoms in total. The van der Waals surface area contributed by atoms with Gasteiger partial charge in [-0.25, -0.2) is 8.78 Å². The monoisotopic (exact) mass is 365 g/mol. The van der Waals surface area contributed by atoms with Crippen molar-refractivity contribution in [2.24, 2.45) is 0 Å². The first-order chi connectivity index (χ1) is 11.9. The van der Waals surface area contributed by atoms with Gasteiger partial charge in [0.1, 0.15) is 17.4 Å². The molecule has 1 N–H and O–H groups in total. The highest BCUT2D eigenvalue weighted by molar-refractivity contribution is 6.30. The van der Waals surface area contributed by atoms with E-state index < -0.39 is 24.1 Å². The molecule has 0 unspecified atom stereocenters. The fraction of sp³-hybridized carbons (Fsp3) is 0.222. The molecule has 1 atom stereocenters. The number of Topliss-reactive ketones (excluding diaryl/α,β-unsaturated/α-hetero) is 1. The Morgan fingerprint density at radius 1 is 1.28 bits per heavy atom. The van der Waals surface area contributed by atoms with Gasteiger partial charge in [0, 0.05) is 17.0 Å². The van der Waals surface area contributed by atoms with E-state index in [1.165, 1.54) is 24.3 Å². The minimum atomic E-state index is -0.635. The van der Waals surface area contributed by atoms with Crippen LogP contribution in [0.4, 0.5) is 14.5 Å². The third-order valence-electron chi connectivity index (χ3n) is 3.98. The van der Waals surface area contributed by atoms with Crippen LogP contribution in [0.25, 0.3) is 0 Å². The lowest BCUT2D eigenvalue weighted by Gasteiger charge is -2.12. The van der Waals surface area contributed by atoms with Crippen LogP contribution in [0.1, 0.15) is 35.2 Å². The van der Waals surface area contributed by atoms with Crippen molar-refractivity contribution < 1.29 is 23.1 Å². The predicted molar refractivity (Wildman–Crippen MR) is 89.3 cm³/mol. The molecule has 2 aromatic carbocycles. The Balaban J connectivity index is 1.73. The van der Waals surface area contributed by atoms with Gasteiger partial charge in [-0.15, -0.1) is 0 Å². The van der Waals surface area contributed by atoms with Crippen LogP contribution < -0.4 is 10.1 Å². The molecule has 7 heteroatoms. The van der Waals surface area contributed by atoms with Crippen LogP contribution >= 0.6 is 11.6 Å². The molecule has 3 rings (SSSR count). The highest BCUT2D eigenvalue weighted by atomic mass is 35.5. The summed E-state index contributed by atoms with van der Waals surface area (Å²) < 4.78 is 32.9. The second kappa shape index (κ2) is 6.80. The molecule has 1 aliphatic rings. The largest absolute Gasteiger partial charge is 0.483 e. The van der Waals surface area contributed by atoms with Gasteiger partial charge in [-0.05, 0) is 36.2 Å². The Morgan fingerprint density at radius 2 is 2.00 bits per heavy atom. The molecule has 0 saturated heterocycles. The SMILES string of the molecule is C[C@@H]1CC(=O)c2c(OCC(=O)Nc3cc(Cl)ccc3F)ccc(F)c21. The average molecular weight is 366 g/mol. The molecule has 0 aliphatic heterocycles. The average Bonchev–Trinajstić information content (AvgIpc) is 2.86. The molecule has 0 radical (unpaired) electrons. The highest BCUT2D eigenvalue weighted by Gasteiger charge is 2.32. The van der Waals surface area contributed by atoms with Crippen molar-refractivity contribution in [2.45, 2.75) is 19.3 Å². The van der Waals surface area contributed by atoms with Gasteiger partial charge >= 0.3 is 0 Å². The van der Waals surface area contributed by atoms with Crippen LogP contribution in [0, 0.1) is 11.6 Å². The standard InChI is InChI=1S/C18H14ClF2NO3/c1-9-6-14(23)18-15(5-4-12(21)17(9)18)25-8-16(24)22-13-7-10(19)2-3-11(13)20/h2-5,7,9H,6,8H2,1H3,(H,22,24)/t9-/m1/s1. The van der Waals surface area contributed by atoms with Gasteiger partial charge in [0.05, 0.1) is 11.3 Å². The van der Waals surface area contributed by atoms with Gasteiger partial charge in [-0.3, -0.25) is 9.59 Å². The van der Waals surface area contributed by atoms with Crippen molar-refractivity contribution >= 4 is 29.0 Å². The number of nitrogens with one attached hydrogen (secondary N) is 1. The number of ketones is 1. The number of carbonyl (C=O) groups is 2. The van der Waals surface area contributed by atoms with E-state index >= 15 is 0 Å². The molecule has 1 amide bonds. The fourth-order valence-electron chi connectivity index (χ4n) is 2.87. The van der Waals surface area contributed by atoms with Gasteiger partial charge < -0.3 is 10.1 Å². The third-order valence-corrected chi connectivity index (χ3v) is 4.21. The minimum absolute atomic E-state index is 0.0740. The van der Waals surface area contributed by atoms with E-state index in [0.717, 1.165) is 6.07 Å². The van der Waals surface area contributed by atoms with Gasteiger partial charge in [0.25, 0.3) is 5.91 Å². The molecule has 2 aromatic rings. The van der Waals surface area contributed by atoms with Gasteiger partial charge in [0.15, 0.2) is 12.4 Å². The van der Waals surface area contributed by atoms with Crippen LogP contribution in [0.15, 0.2) is 30.3 Å². The number of rotatable bonds is 4. The number of hydrogen-bond acceptors (Lipinski definition) is 3. The molecule has 1 aliphatic carbocycles. The molecular weight excluding hydrogens is 352 g/mol. The van der Waals surface area contributed by atoms with Crippen molar-refractivity contribution in [3.05, 3.63) is 58.1 Å². The molecule has 0 saturated carbocycles. The smallest absolute Gasteiger partial charge is 0.262 e. The maximum absolute atomic E-state index is 13.9. The number of anilines is 1. The first-order valence-corrected chi connectivity index (χ1v) is 7.98. The second-order valence-electron chi connectivity index (χ2n) is 5.82. The summed E-state index contributed by atoms with van der Waals surface area (Å²) in [6.07, 6.45) is 0.201. The number of carbonyl (C=O) groups excluding carboxylic acids is 2. The summed E-state index contributed by atoms with van der Waals surface area (Å²) in [5, 5.41) is 2.61. The number of amides is 1. The van der Waals surface area contributed by atoms with Crippen LogP contribution in [0.5, 0.6) is 5.75 Å². The van der Waals surface area contributed by atoms with Crippen LogP contribution in [-0.2, 0) is 4.79 Å². The summed E-state index contributed by atoms with van der Waals surface area (Å²) in [6.45, 7) is 1.30. The summed E-state index contributed by atoms with van der Waals surface area (Å²) in [5.41, 5.74) is 0.410. The van der Waals surface area contributed by atoms with Crippen LogP contribution in [0.3, 0.4) is 0 Å². The Morgan fingerprint density at radius 3 is 2.76 bits per heavy atom. The van der Waals surface area contributed by atoms with Crippen molar-refractivity contribution in [3.8, 4) is 5.75 Å². The lowest BCUT2D eigenvalue weighted by Crippen LogP contribution is -2.21. The van der Waals surface area contributed by atoms with Crippen molar-refractivity contribution in [3.63, 3.8) is 0 Å². The topological polar surface area (TPSA) is 55.4 Å². The Labute approximate surface area is 147 Å². The summed E-state index contributed by atoms with van der Waals surface area (Å²) >= 11 is 5.76. The number of halogens is 3. The molecule has 130 valence electrons. The summed E-state index contributed by atoms with van der Waals surface area (Å²) in [6, 6.07) is 6.29. The molecular formula is C18H14ClF2NO3. The normalized spacial score (nSPS) is 15.8. The molecule has 0 heterocycles. The maximum Gasteiger partial charge on any atom is 0.262 e. The van der Waals surface area contributed by atoms with E-state index in [-0.39, 0.29) is 40.1 Å². The van der Waals surface area contributed by atoms with Gasteiger partial charge in [-0.2, -0.15) is 0 Å². The van der Waals surface area contributed by atoms with Crippen LogP contribution in [0.2, 0.25) is 5.02 Å². The van der Waals surface area contributed by atoms with E-state index in [2.05, 4.69) is 5.32 Å². The molecule has 0 fully saturated rings. The van der Waals surface area contributed by atoms with E-state index in [4.69, 9.17) is 16.3 Å². The summed E-state index contributed by atoms with van der Waals surface area (Å²) in [4.78, 5) is 24.0. The Hall–Kier alpha value is -2.47. The fourth-order valence-corrected chi connectivity index (χ4v) is 3.04. The number of fused-ring (bicyclic) bond motifs is 1. The third kappa shape index (κ3) is 3.49. The first-order valence-electron chi connectivity index (χ1n) is 7.60. The predicted octanol–water partition coefficient (Wildman–Crippen LogP) is 4.33. The zero-order chi connectivity index (χ0) is 18.1. The molecule has 25 heavy (non-hydrogen) atoms. The van der Waals surface area contributed by atoms with E-state index in [1.54, 1.807) is 6.92 Å². The van der Waals surface area contributed by atoms with E-state index in [1.807, 2.05) is 0 Å². The minimum Gasteiger partial charge on any atom is -0.483 e.